The number of benzene rings is 2. The van der Waals surface area contributed by atoms with Crippen LogP contribution >= 0.6 is 0 Å². The fourth-order valence-corrected chi connectivity index (χ4v) is 4.73. The monoisotopic (exact) mass is 573 g/mol. The highest BCUT2D eigenvalue weighted by atomic mass is 16.7. The Bertz CT molecular complexity index is 1270. The molecule has 8 nitrogen and oxygen atoms in total. The van der Waals surface area contributed by atoms with E-state index in [1.807, 2.05) is 93.6 Å². The van der Waals surface area contributed by atoms with Gasteiger partial charge < -0.3 is 24.9 Å². The van der Waals surface area contributed by atoms with Crippen LogP contribution in [0.2, 0.25) is 0 Å². The second-order valence-corrected chi connectivity index (χ2v) is 11.5. The van der Waals surface area contributed by atoms with Crippen LogP contribution in [0.3, 0.4) is 0 Å². The number of nitrogens with zero attached hydrogens (tertiary/aromatic N) is 1. The van der Waals surface area contributed by atoms with Gasteiger partial charge in [-0.1, -0.05) is 81.4 Å². The smallest absolute Gasteiger partial charge is 0.435 e. The highest BCUT2D eigenvalue weighted by Crippen LogP contribution is 2.29. The molecular weight excluding hydrogens is 530 g/mol. The maximum atomic E-state index is 13.6. The Morgan fingerprint density at radius 3 is 2.19 bits per heavy atom. The van der Waals surface area contributed by atoms with E-state index in [9.17, 15) is 14.4 Å². The van der Waals surface area contributed by atoms with Crippen molar-refractivity contribution in [3.8, 4) is 11.3 Å². The number of Topliss-reactive ketones (excluding diaryl/α,β-unsaturated/α-hetero) is 1. The summed E-state index contributed by atoms with van der Waals surface area (Å²) in [6.45, 7) is 9.99. The number of rotatable bonds is 14. The van der Waals surface area contributed by atoms with Gasteiger partial charge in [-0.05, 0) is 48.9 Å². The molecule has 0 aliphatic carbocycles. The lowest BCUT2D eigenvalue weighted by molar-refractivity contribution is -0.133. The second kappa shape index (κ2) is 15.8. The summed E-state index contributed by atoms with van der Waals surface area (Å²) in [4.78, 5) is 42.6. The molecule has 0 fully saturated rings. The summed E-state index contributed by atoms with van der Waals surface area (Å²) in [7, 11) is 0. The zero-order chi connectivity index (χ0) is 30.5. The number of aromatic nitrogens is 1. The van der Waals surface area contributed by atoms with Crippen LogP contribution < -0.4 is 10.6 Å². The number of amides is 1. The van der Waals surface area contributed by atoms with Gasteiger partial charge in [0.1, 0.15) is 11.9 Å². The van der Waals surface area contributed by atoms with E-state index in [1.165, 1.54) is 6.92 Å². The number of nitrogens with one attached hydrogen (secondary N) is 2. The predicted octanol–water partition coefficient (Wildman–Crippen LogP) is 5.75. The largest absolute Gasteiger partial charge is 0.508 e. The van der Waals surface area contributed by atoms with Gasteiger partial charge in [0.2, 0.25) is 5.91 Å². The third-order valence-electron chi connectivity index (χ3n) is 7.03. The van der Waals surface area contributed by atoms with E-state index in [0.29, 0.717) is 13.0 Å². The van der Waals surface area contributed by atoms with E-state index >= 15 is 0 Å². The fraction of sp³-hybridized carbons (Fsp3) is 0.412. The molecule has 3 atom stereocenters. The van der Waals surface area contributed by atoms with E-state index in [0.717, 1.165) is 22.4 Å². The minimum absolute atomic E-state index is 0.0558. The maximum absolute atomic E-state index is 13.6. The maximum Gasteiger partial charge on any atom is 0.508 e. The van der Waals surface area contributed by atoms with Crippen molar-refractivity contribution in [3.05, 3.63) is 90.1 Å². The van der Waals surface area contributed by atoms with Crippen molar-refractivity contribution in [2.75, 3.05) is 13.2 Å². The van der Waals surface area contributed by atoms with Gasteiger partial charge in [0.05, 0.1) is 18.3 Å². The summed E-state index contributed by atoms with van der Waals surface area (Å²) in [5, 5.41) is 6.51. The summed E-state index contributed by atoms with van der Waals surface area (Å²) in [5.41, 5.74) is 3.50. The first-order valence-electron chi connectivity index (χ1n) is 14.4. The number of hydrogen-bond donors (Lipinski definition) is 2. The van der Waals surface area contributed by atoms with Gasteiger partial charge in [0.25, 0.3) is 0 Å². The molecule has 224 valence electrons. The zero-order valence-corrected chi connectivity index (χ0v) is 25.3. The average molecular weight is 574 g/mol. The Labute approximate surface area is 249 Å². The summed E-state index contributed by atoms with van der Waals surface area (Å²) >= 11 is 0. The molecule has 0 aliphatic heterocycles. The first-order valence-corrected chi connectivity index (χ1v) is 14.4. The standard InChI is InChI=1S/C34H43N3O5/c1-6-41-33(40)42-31(23-35-22-26-15-17-27(18-16-26)29-14-10-11-19-36-29)30(21-25-12-8-7-9-13-25)37-32(39)28(20-24(2)38)34(3,4)5/h7-19,28,30-31,35H,6,20-23H2,1-5H3,(H,37,39)/t28-,30?,31-/m0/s1. The molecule has 1 aromatic heterocycles. The highest BCUT2D eigenvalue weighted by molar-refractivity contribution is 5.86. The van der Waals surface area contributed by atoms with E-state index in [4.69, 9.17) is 9.47 Å². The predicted molar refractivity (Wildman–Crippen MR) is 164 cm³/mol. The quantitative estimate of drug-likeness (QED) is 0.237. The first kappa shape index (κ1) is 32.5. The topological polar surface area (TPSA) is 107 Å². The molecule has 0 saturated heterocycles. The van der Waals surface area contributed by atoms with E-state index < -0.39 is 29.6 Å². The lowest BCUT2D eigenvalue weighted by atomic mass is 9.77. The molecule has 0 aliphatic rings. The van der Waals surface area contributed by atoms with Gasteiger partial charge in [-0.15, -0.1) is 0 Å². The third kappa shape index (κ3) is 10.4. The average Bonchev–Trinajstić information content (AvgIpc) is 2.96. The molecule has 3 rings (SSSR count). The van der Waals surface area contributed by atoms with Crippen molar-refractivity contribution in [1.29, 1.82) is 0 Å². The summed E-state index contributed by atoms with van der Waals surface area (Å²) in [6.07, 6.45) is 0.784. The number of pyridine rings is 1. The van der Waals surface area contributed by atoms with Crippen LogP contribution in [0.4, 0.5) is 4.79 Å². The molecule has 0 bridgehead atoms. The van der Waals surface area contributed by atoms with Crippen LogP contribution in [0, 0.1) is 11.3 Å². The Morgan fingerprint density at radius 2 is 1.60 bits per heavy atom. The van der Waals surface area contributed by atoms with E-state index in [-0.39, 0.29) is 31.3 Å². The summed E-state index contributed by atoms with van der Waals surface area (Å²) in [5.74, 6) is -0.844. The van der Waals surface area contributed by atoms with Gasteiger partial charge in [-0.25, -0.2) is 4.79 Å². The number of ketones is 1. The van der Waals surface area contributed by atoms with Crippen LogP contribution in [0.1, 0.15) is 52.2 Å². The molecule has 1 heterocycles. The van der Waals surface area contributed by atoms with Crippen LogP contribution in [-0.4, -0.2) is 48.1 Å². The molecule has 0 spiro atoms. The molecule has 1 amide bonds. The van der Waals surface area contributed by atoms with E-state index in [1.54, 1.807) is 13.1 Å². The summed E-state index contributed by atoms with van der Waals surface area (Å²) < 4.78 is 10.9. The van der Waals surface area contributed by atoms with Gasteiger partial charge in [-0.3, -0.25) is 9.78 Å². The van der Waals surface area contributed by atoms with Crippen molar-refractivity contribution < 1.29 is 23.9 Å². The molecule has 2 N–H and O–H groups in total. The van der Waals surface area contributed by atoms with Gasteiger partial charge >= 0.3 is 6.16 Å². The first-order chi connectivity index (χ1) is 20.1. The Hall–Kier alpha value is -4.04. The zero-order valence-electron chi connectivity index (χ0n) is 25.3. The van der Waals surface area contributed by atoms with E-state index in [2.05, 4.69) is 15.6 Å². The minimum atomic E-state index is -0.799. The minimum Gasteiger partial charge on any atom is -0.435 e. The van der Waals surface area contributed by atoms with Gasteiger partial charge in [0.15, 0.2) is 0 Å². The van der Waals surface area contributed by atoms with Gasteiger partial charge in [-0.2, -0.15) is 0 Å². The van der Waals surface area contributed by atoms with Crippen LogP contribution in [0.5, 0.6) is 0 Å². The molecule has 2 aromatic carbocycles. The number of carbonyl (C=O) groups is 3. The van der Waals surface area contributed by atoms with Gasteiger partial charge in [0, 0.05) is 37.2 Å². The number of ether oxygens (including phenoxy) is 2. The molecule has 1 unspecified atom stereocenters. The Kier molecular flexibility index (Phi) is 12.2. The van der Waals surface area contributed by atoms with Crippen LogP contribution in [0.25, 0.3) is 11.3 Å². The van der Waals surface area contributed by atoms with Crippen molar-refractivity contribution in [2.45, 2.75) is 66.2 Å². The molecule has 42 heavy (non-hydrogen) atoms. The van der Waals surface area contributed by atoms with Crippen molar-refractivity contribution in [2.24, 2.45) is 11.3 Å². The van der Waals surface area contributed by atoms with Crippen molar-refractivity contribution >= 4 is 17.8 Å². The molecule has 3 aromatic rings. The number of carbonyl (C=O) groups excluding carboxylic acids is 3. The van der Waals surface area contributed by atoms with Crippen molar-refractivity contribution in [3.63, 3.8) is 0 Å². The molecular formula is C34H43N3O5. The SMILES string of the molecule is CCOC(=O)O[C@@H](CNCc1ccc(-c2ccccn2)cc1)C(Cc1ccccc1)NC(=O)[C@H](CC(C)=O)C(C)(C)C. The van der Waals surface area contributed by atoms with Crippen LogP contribution in [0.15, 0.2) is 79.0 Å². The lowest BCUT2D eigenvalue weighted by Gasteiger charge is -2.33. The van der Waals surface area contributed by atoms with Crippen molar-refractivity contribution in [1.82, 2.24) is 15.6 Å². The Morgan fingerprint density at radius 1 is 0.905 bits per heavy atom. The highest BCUT2D eigenvalue weighted by Gasteiger charge is 2.36. The summed E-state index contributed by atoms with van der Waals surface area (Å²) in [6, 6.07) is 23.0. The second-order valence-electron chi connectivity index (χ2n) is 11.5. The molecule has 8 heteroatoms. The van der Waals surface area contributed by atoms with Crippen LogP contribution in [-0.2, 0) is 32.0 Å². The Balaban J connectivity index is 1.80. The number of hydrogen-bond acceptors (Lipinski definition) is 7. The normalized spacial score (nSPS) is 13.5. The fourth-order valence-electron chi connectivity index (χ4n) is 4.73. The third-order valence-corrected chi connectivity index (χ3v) is 7.03. The lowest BCUT2D eigenvalue weighted by Crippen LogP contribution is -2.53. The molecule has 0 saturated carbocycles. The molecule has 0 radical (unpaired) electrons.